The Hall–Kier alpha value is -2.14. The van der Waals surface area contributed by atoms with E-state index in [1.165, 1.54) is 0 Å². The summed E-state index contributed by atoms with van der Waals surface area (Å²) in [6.45, 7) is 0. The van der Waals surface area contributed by atoms with Gasteiger partial charge in [0.2, 0.25) is 0 Å². The van der Waals surface area contributed by atoms with Crippen LogP contribution in [0.3, 0.4) is 0 Å². The second-order valence-electron chi connectivity index (χ2n) is 4.48. The fraction of sp³-hybridized carbons (Fsp3) is 0.0667. The molecule has 2 aromatic heterocycles. The summed E-state index contributed by atoms with van der Waals surface area (Å²) in [6.07, 6.45) is 3.51. The number of rotatable bonds is 2. The first-order chi connectivity index (χ1) is 9.66. The van der Waals surface area contributed by atoms with E-state index in [2.05, 4.69) is 26.0 Å². The van der Waals surface area contributed by atoms with E-state index >= 15 is 0 Å². The first-order valence-electron chi connectivity index (χ1n) is 6.15. The van der Waals surface area contributed by atoms with Crippen LogP contribution in [0.15, 0.2) is 53.3 Å². The summed E-state index contributed by atoms with van der Waals surface area (Å²) in [5, 5.41) is 4.55. The SMILES string of the molecule is Cn1nc(-c2cccc(Br)c2)c(-c2ccncc2)c1N. The minimum atomic E-state index is 0.645. The number of anilines is 1. The third kappa shape index (κ3) is 2.20. The van der Waals surface area contributed by atoms with Gasteiger partial charge in [-0.05, 0) is 29.8 Å². The maximum Gasteiger partial charge on any atom is 0.129 e. The van der Waals surface area contributed by atoms with Crippen molar-refractivity contribution in [2.45, 2.75) is 0 Å². The fourth-order valence-electron chi connectivity index (χ4n) is 2.18. The summed E-state index contributed by atoms with van der Waals surface area (Å²) >= 11 is 3.49. The zero-order chi connectivity index (χ0) is 14.1. The highest BCUT2D eigenvalue weighted by Crippen LogP contribution is 2.36. The number of hydrogen-bond donors (Lipinski definition) is 1. The molecule has 0 amide bonds. The molecule has 0 unspecified atom stereocenters. The van der Waals surface area contributed by atoms with Crippen molar-refractivity contribution in [1.29, 1.82) is 0 Å². The molecule has 100 valence electrons. The van der Waals surface area contributed by atoms with Gasteiger partial charge in [-0.1, -0.05) is 28.1 Å². The molecule has 0 bridgehead atoms. The first-order valence-corrected chi connectivity index (χ1v) is 6.95. The van der Waals surface area contributed by atoms with Crippen molar-refractivity contribution < 1.29 is 0 Å². The Bertz CT molecular complexity index is 750. The summed E-state index contributed by atoms with van der Waals surface area (Å²) in [4.78, 5) is 4.05. The van der Waals surface area contributed by atoms with Crippen LogP contribution in [-0.2, 0) is 7.05 Å². The van der Waals surface area contributed by atoms with Crippen LogP contribution in [0.1, 0.15) is 0 Å². The molecule has 1 aromatic carbocycles. The maximum absolute atomic E-state index is 6.18. The van der Waals surface area contributed by atoms with Crippen LogP contribution in [-0.4, -0.2) is 14.8 Å². The Morgan fingerprint density at radius 2 is 1.85 bits per heavy atom. The largest absolute Gasteiger partial charge is 0.383 e. The normalized spacial score (nSPS) is 10.7. The molecule has 0 fully saturated rings. The molecule has 2 heterocycles. The Morgan fingerprint density at radius 3 is 2.55 bits per heavy atom. The van der Waals surface area contributed by atoms with Gasteiger partial charge >= 0.3 is 0 Å². The molecule has 3 rings (SSSR count). The van der Waals surface area contributed by atoms with E-state index in [1.54, 1.807) is 17.1 Å². The maximum atomic E-state index is 6.18. The van der Waals surface area contributed by atoms with Crippen LogP contribution in [0.25, 0.3) is 22.4 Å². The van der Waals surface area contributed by atoms with Gasteiger partial charge in [-0.2, -0.15) is 5.10 Å². The molecule has 0 radical (unpaired) electrons. The molecule has 4 nitrogen and oxygen atoms in total. The smallest absolute Gasteiger partial charge is 0.129 e. The Kier molecular flexibility index (Phi) is 3.28. The monoisotopic (exact) mass is 328 g/mol. The van der Waals surface area contributed by atoms with Crippen molar-refractivity contribution in [2.24, 2.45) is 7.05 Å². The number of nitrogens with two attached hydrogens (primary N) is 1. The van der Waals surface area contributed by atoms with E-state index in [1.807, 2.05) is 43.4 Å². The van der Waals surface area contributed by atoms with Crippen LogP contribution in [0.2, 0.25) is 0 Å². The number of nitrogens with zero attached hydrogens (tertiary/aromatic N) is 3. The van der Waals surface area contributed by atoms with Crippen LogP contribution < -0.4 is 5.73 Å². The standard InChI is InChI=1S/C15H13BrN4/c1-20-15(17)13(10-5-7-18-8-6-10)14(19-20)11-3-2-4-12(16)9-11/h2-9H,17H2,1H3. The summed E-state index contributed by atoms with van der Waals surface area (Å²) in [6, 6.07) is 11.9. The molecule has 0 atom stereocenters. The van der Waals surface area contributed by atoms with Crippen LogP contribution >= 0.6 is 15.9 Å². The molecular formula is C15H13BrN4. The summed E-state index contributed by atoms with van der Waals surface area (Å²) in [5.41, 5.74) is 10.0. The lowest BCUT2D eigenvalue weighted by Crippen LogP contribution is -1.97. The van der Waals surface area contributed by atoms with Crippen LogP contribution in [0.5, 0.6) is 0 Å². The molecule has 0 aliphatic carbocycles. The molecular weight excluding hydrogens is 316 g/mol. The van der Waals surface area contributed by atoms with Gasteiger partial charge in [0, 0.05) is 29.5 Å². The predicted octanol–water partition coefficient (Wildman–Crippen LogP) is 3.49. The van der Waals surface area contributed by atoms with E-state index in [0.29, 0.717) is 5.82 Å². The van der Waals surface area contributed by atoms with Gasteiger partial charge in [-0.25, -0.2) is 0 Å². The molecule has 0 saturated heterocycles. The lowest BCUT2D eigenvalue weighted by atomic mass is 10.0. The third-order valence-corrected chi connectivity index (χ3v) is 3.65. The van der Waals surface area contributed by atoms with Gasteiger partial charge < -0.3 is 5.73 Å². The van der Waals surface area contributed by atoms with E-state index in [-0.39, 0.29) is 0 Å². The molecule has 0 spiro atoms. The minimum absolute atomic E-state index is 0.645. The molecule has 0 aliphatic rings. The van der Waals surface area contributed by atoms with Crippen molar-refractivity contribution in [2.75, 3.05) is 5.73 Å². The number of halogens is 1. The number of aromatic nitrogens is 3. The van der Waals surface area contributed by atoms with Gasteiger partial charge in [-0.15, -0.1) is 0 Å². The van der Waals surface area contributed by atoms with E-state index in [9.17, 15) is 0 Å². The second kappa shape index (κ2) is 5.09. The summed E-state index contributed by atoms with van der Waals surface area (Å²) in [7, 11) is 1.85. The summed E-state index contributed by atoms with van der Waals surface area (Å²) in [5.74, 6) is 0.645. The van der Waals surface area contributed by atoms with Crippen molar-refractivity contribution >= 4 is 21.7 Å². The molecule has 0 saturated carbocycles. The van der Waals surface area contributed by atoms with E-state index < -0.39 is 0 Å². The Labute approximate surface area is 125 Å². The highest BCUT2D eigenvalue weighted by molar-refractivity contribution is 9.10. The average molecular weight is 329 g/mol. The highest BCUT2D eigenvalue weighted by atomic mass is 79.9. The van der Waals surface area contributed by atoms with Crippen LogP contribution in [0, 0.1) is 0 Å². The Balaban J connectivity index is 2.25. The van der Waals surface area contributed by atoms with Crippen molar-refractivity contribution in [1.82, 2.24) is 14.8 Å². The highest BCUT2D eigenvalue weighted by Gasteiger charge is 2.17. The Morgan fingerprint density at radius 1 is 1.10 bits per heavy atom. The lowest BCUT2D eigenvalue weighted by molar-refractivity contribution is 0.782. The van der Waals surface area contributed by atoms with Gasteiger partial charge in [0.05, 0.1) is 5.56 Å². The molecule has 5 heteroatoms. The zero-order valence-corrected chi connectivity index (χ0v) is 12.5. The quantitative estimate of drug-likeness (QED) is 0.783. The van der Waals surface area contributed by atoms with Crippen molar-refractivity contribution in [3.8, 4) is 22.4 Å². The average Bonchev–Trinajstić information content (AvgIpc) is 2.76. The number of pyridine rings is 1. The van der Waals surface area contributed by atoms with E-state index in [0.717, 1.165) is 26.9 Å². The number of hydrogen-bond acceptors (Lipinski definition) is 3. The first kappa shape index (κ1) is 12.9. The van der Waals surface area contributed by atoms with Crippen LogP contribution in [0.4, 0.5) is 5.82 Å². The number of aryl methyl sites for hydroxylation is 1. The topological polar surface area (TPSA) is 56.7 Å². The van der Waals surface area contributed by atoms with E-state index in [4.69, 9.17) is 5.73 Å². The van der Waals surface area contributed by atoms with Crippen molar-refractivity contribution in [3.63, 3.8) is 0 Å². The van der Waals surface area contributed by atoms with Gasteiger partial charge in [0.15, 0.2) is 0 Å². The van der Waals surface area contributed by atoms with Gasteiger partial charge in [0.1, 0.15) is 11.5 Å². The lowest BCUT2D eigenvalue weighted by Gasteiger charge is -2.04. The number of benzene rings is 1. The molecule has 3 aromatic rings. The third-order valence-electron chi connectivity index (χ3n) is 3.16. The fourth-order valence-corrected chi connectivity index (χ4v) is 2.58. The zero-order valence-electron chi connectivity index (χ0n) is 10.9. The molecule has 20 heavy (non-hydrogen) atoms. The number of nitrogen functional groups attached to an aromatic ring is 1. The van der Waals surface area contributed by atoms with Gasteiger partial charge in [0.25, 0.3) is 0 Å². The predicted molar refractivity (Wildman–Crippen MR) is 84.0 cm³/mol. The minimum Gasteiger partial charge on any atom is -0.383 e. The molecule has 2 N–H and O–H groups in total. The summed E-state index contributed by atoms with van der Waals surface area (Å²) < 4.78 is 2.71. The second-order valence-corrected chi connectivity index (χ2v) is 5.39. The van der Waals surface area contributed by atoms with Gasteiger partial charge in [-0.3, -0.25) is 9.67 Å². The molecule has 0 aliphatic heterocycles. The van der Waals surface area contributed by atoms with Crippen molar-refractivity contribution in [3.05, 3.63) is 53.3 Å².